The van der Waals surface area contributed by atoms with Crippen LogP contribution in [0.3, 0.4) is 0 Å². The van der Waals surface area contributed by atoms with Crippen molar-refractivity contribution in [2.45, 2.75) is 31.1 Å². The summed E-state index contributed by atoms with van der Waals surface area (Å²) in [5.74, 6) is 1.40. The summed E-state index contributed by atoms with van der Waals surface area (Å²) in [7, 11) is -5.81. The van der Waals surface area contributed by atoms with Gasteiger partial charge >= 0.3 is 21.6 Å². The highest BCUT2D eigenvalue weighted by Gasteiger charge is 2.49. The normalized spacial score (nSPS) is 19.8. The summed E-state index contributed by atoms with van der Waals surface area (Å²) in [6.45, 7) is 0. The zero-order valence-electron chi connectivity index (χ0n) is 9.44. The third kappa shape index (κ3) is 3.97. The van der Waals surface area contributed by atoms with Gasteiger partial charge in [-0.05, 0) is 18.9 Å². The van der Waals surface area contributed by atoms with Crippen LogP contribution < -0.4 is 0 Å². The molecule has 0 aromatic rings. The molecule has 0 saturated heterocycles. The second-order valence-electron chi connectivity index (χ2n) is 3.52. The summed E-state index contributed by atoms with van der Waals surface area (Å²) >= 11 is 0. The summed E-state index contributed by atoms with van der Waals surface area (Å²) < 4.78 is 65.6. The summed E-state index contributed by atoms with van der Waals surface area (Å²) in [6, 6.07) is 0. The minimum atomic E-state index is -5.81. The molecular weight excluding hydrogens is 289 g/mol. The molecule has 9 heteroatoms. The maximum atomic E-state index is 12.0. The number of cyclic esters (lactones) is 1. The van der Waals surface area contributed by atoms with E-state index in [1.54, 1.807) is 0 Å². The second kappa shape index (κ2) is 5.63. The van der Waals surface area contributed by atoms with Gasteiger partial charge in [-0.1, -0.05) is 0 Å². The molecule has 106 valence electrons. The monoisotopic (exact) mass is 298 g/mol. The Morgan fingerprint density at radius 1 is 1.47 bits per heavy atom. The van der Waals surface area contributed by atoms with Crippen LogP contribution >= 0.6 is 0 Å². The molecule has 0 N–H and O–H groups in total. The van der Waals surface area contributed by atoms with Gasteiger partial charge in [0.15, 0.2) is 0 Å². The lowest BCUT2D eigenvalue weighted by Crippen LogP contribution is -2.29. The molecule has 1 heterocycles. The first-order chi connectivity index (χ1) is 8.67. The van der Waals surface area contributed by atoms with Crippen molar-refractivity contribution in [2.75, 3.05) is 0 Å². The Labute approximate surface area is 107 Å². The third-order valence-corrected chi connectivity index (χ3v) is 3.10. The molecule has 0 fully saturated rings. The highest BCUT2D eigenvalue weighted by Crippen LogP contribution is 2.28. The first-order valence-electron chi connectivity index (χ1n) is 5.02. The molecule has 0 amide bonds. The van der Waals surface area contributed by atoms with E-state index >= 15 is 0 Å². The number of alkyl halides is 3. The van der Waals surface area contributed by atoms with Crippen molar-refractivity contribution in [3.8, 4) is 12.3 Å². The van der Waals surface area contributed by atoms with Crippen LogP contribution in [0.15, 0.2) is 11.6 Å². The van der Waals surface area contributed by atoms with Crippen molar-refractivity contribution in [1.29, 1.82) is 0 Å². The minimum absolute atomic E-state index is 0.0395. The van der Waals surface area contributed by atoms with Crippen LogP contribution in [0.1, 0.15) is 19.3 Å². The van der Waals surface area contributed by atoms with Gasteiger partial charge in [0.05, 0.1) is 0 Å². The summed E-state index contributed by atoms with van der Waals surface area (Å²) in [5.41, 5.74) is -5.53. The quantitative estimate of drug-likeness (QED) is 0.253. The predicted octanol–water partition coefficient (Wildman–Crippen LogP) is 1.47. The van der Waals surface area contributed by atoms with Gasteiger partial charge in [-0.15, -0.1) is 12.3 Å². The largest absolute Gasteiger partial charge is 0.523 e. The highest BCUT2D eigenvalue weighted by molar-refractivity contribution is 7.87. The average Bonchev–Trinajstić information content (AvgIpc) is 2.57. The smallest absolute Gasteiger partial charge is 0.427 e. The number of hydrogen-bond donors (Lipinski definition) is 0. The van der Waals surface area contributed by atoms with Crippen LogP contribution in [-0.2, 0) is 23.8 Å². The van der Waals surface area contributed by atoms with Gasteiger partial charge in [0.1, 0.15) is 0 Å². The minimum Gasteiger partial charge on any atom is -0.427 e. The van der Waals surface area contributed by atoms with Gasteiger partial charge in [0, 0.05) is 12.0 Å². The molecule has 1 rings (SSSR count). The molecule has 1 aliphatic rings. The third-order valence-electron chi connectivity index (χ3n) is 2.09. The Morgan fingerprint density at radius 3 is 2.63 bits per heavy atom. The van der Waals surface area contributed by atoms with E-state index in [2.05, 4.69) is 14.8 Å². The van der Waals surface area contributed by atoms with Gasteiger partial charge in [-0.3, -0.25) is 0 Å². The second-order valence-corrected chi connectivity index (χ2v) is 5.08. The van der Waals surface area contributed by atoms with Crippen molar-refractivity contribution < 1.29 is 35.3 Å². The maximum absolute atomic E-state index is 12.0. The Morgan fingerprint density at radius 2 is 2.11 bits per heavy atom. The number of carbonyl (C=O) groups is 1. The molecule has 1 aliphatic heterocycles. The molecular formula is C10H9F3O5S. The van der Waals surface area contributed by atoms with Crippen LogP contribution in [0.4, 0.5) is 13.2 Å². The summed E-state index contributed by atoms with van der Waals surface area (Å²) in [5, 5.41) is 0. The lowest BCUT2D eigenvalue weighted by molar-refractivity contribution is -0.150. The first-order valence-corrected chi connectivity index (χ1v) is 6.43. The van der Waals surface area contributed by atoms with E-state index in [4.69, 9.17) is 6.42 Å². The van der Waals surface area contributed by atoms with Gasteiger partial charge in [0.25, 0.3) is 0 Å². The highest BCUT2D eigenvalue weighted by atomic mass is 32.2. The number of carbonyl (C=O) groups excluding carboxylic acids is 1. The number of hydrogen-bond acceptors (Lipinski definition) is 5. The molecule has 1 atom stereocenters. The van der Waals surface area contributed by atoms with E-state index in [1.807, 2.05) is 0 Å². The van der Waals surface area contributed by atoms with Crippen LogP contribution in [-0.4, -0.2) is 26.2 Å². The van der Waals surface area contributed by atoms with E-state index in [-0.39, 0.29) is 12.0 Å². The Bertz CT molecular complexity index is 526. The van der Waals surface area contributed by atoms with Crippen molar-refractivity contribution >= 4 is 16.1 Å². The number of rotatable bonds is 5. The molecule has 0 saturated carbocycles. The van der Waals surface area contributed by atoms with Crippen molar-refractivity contribution in [3.63, 3.8) is 0 Å². The molecule has 0 aromatic carbocycles. The van der Waals surface area contributed by atoms with E-state index in [0.717, 1.165) is 6.08 Å². The number of halogens is 3. The molecule has 0 bridgehead atoms. The van der Waals surface area contributed by atoms with Crippen LogP contribution in [0, 0.1) is 12.3 Å². The SMILES string of the molecule is C#CCCCC1=CC(OS(=O)(=O)C(F)(F)F)OC1=O. The van der Waals surface area contributed by atoms with E-state index in [0.29, 0.717) is 12.8 Å². The van der Waals surface area contributed by atoms with E-state index < -0.39 is 27.9 Å². The molecule has 19 heavy (non-hydrogen) atoms. The fourth-order valence-electron chi connectivity index (χ4n) is 1.24. The fourth-order valence-corrected chi connectivity index (χ4v) is 1.69. The Kier molecular flexibility index (Phi) is 4.60. The molecule has 1 unspecified atom stereocenters. The zero-order valence-corrected chi connectivity index (χ0v) is 10.3. The topological polar surface area (TPSA) is 69.7 Å². The van der Waals surface area contributed by atoms with Crippen LogP contribution in [0.5, 0.6) is 0 Å². The maximum Gasteiger partial charge on any atom is 0.523 e. The van der Waals surface area contributed by atoms with E-state index in [1.165, 1.54) is 0 Å². The lowest BCUT2D eigenvalue weighted by Gasteiger charge is -2.11. The summed E-state index contributed by atoms with van der Waals surface area (Å²) in [6.07, 6.45) is 4.97. The lowest BCUT2D eigenvalue weighted by atomic mass is 10.1. The van der Waals surface area contributed by atoms with Gasteiger partial charge < -0.3 is 4.74 Å². The van der Waals surface area contributed by atoms with Gasteiger partial charge in [-0.2, -0.15) is 21.6 Å². The first kappa shape index (κ1) is 15.5. The average molecular weight is 298 g/mol. The predicted molar refractivity (Wildman–Crippen MR) is 56.7 cm³/mol. The molecule has 0 radical (unpaired) electrons. The number of esters is 1. The standard InChI is InChI=1S/C10H9F3O5S/c1-2-3-4-5-7-6-8(17-9(7)14)18-19(15,16)10(11,12)13/h1,6,8H,3-5H2. The Balaban J connectivity index is 2.69. The number of ether oxygens (including phenoxy) is 1. The number of unbranched alkanes of at least 4 members (excludes halogenated alkanes) is 1. The number of terminal acetylenes is 1. The molecule has 5 nitrogen and oxygen atoms in total. The van der Waals surface area contributed by atoms with Gasteiger partial charge in [0.2, 0.25) is 6.29 Å². The van der Waals surface area contributed by atoms with E-state index in [9.17, 15) is 26.4 Å². The van der Waals surface area contributed by atoms with Crippen molar-refractivity contribution in [2.24, 2.45) is 0 Å². The fraction of sp³-hybridized carbons (Fsp3) is 0.500. The molecule has 0 aliphatic carbocycles. The van der Waals surface area contributed by atoms with Crippen LogP contribution in [0.2, 0.25) is 0 Å². The van der Waals surface area contributed by atoms with Crippen molar-refractivity contribution in [3.05, 3.63) is 11.6 Å². The Hall–Kier alpha value is -1.53. The summed E-state index contributed by atoms with van der Waals surface area (Å²) in [4.78, 5) is 11.2. The van der Waals surface area contributed by atoms with Gasteiger partial charge in [-0.25, -0.2) is 8.98 Å². The van der Waals surface area contributed by atoms with Crippen molar-refractivity contribution in [1.82, 2.24) is 0 Å². The van der Waals surface area contributed by atoms with Crippen LogP contribution in [0.25, 0.3) is 0 Å². The molecule has 0 spiro atoms. The molecule has 0 aromatic heterocycles. The zero-order chi connectivity index (χ0) is 14.7.